The van der Waals surface area contributed by atoms with Crippen molar-refractivity contribution >= 4 is 5.91 Å². The highest BCUT2D eigenvalue weighted by molar-refractivity contribution is 5.79. The first kappa shape index (κ1) is 10.5. The number of likely N-dealkylation sites (N-methyl/N-ethyl adjacent to an activating group) is 1. The van der Waals surface area contributed by atoms with Gasteiger partial charge < -0.3 is 15.4 Å². The quantitative estimate of drug-likeness (QED) is 0.644. The van der Waals surface area contributed by atoms with Gasteiger partial charge in [-0.3, -0.25) is 4.79 Å². The predicted octanol–water partition coefficient (Wildman–Crippen LogP) is -0.111. The lowest BCUT2D eigenvalue weighted by molar-refractivity contribution is -0.131. The summed E-state index contributed by atoms with van der Waals surface area (Å²) in [6.07, 6.45) is 2.02. The summed E-state index contributed by atoms with van der Waals surface area (Å²) in [6.45, 7) is 3.48. The van der Waals surface area contributed by atoms with E-state index in [0.717, 1.165) is 13.0 Å². The fourth-order valence-electron chi connectivity index (χ4n) is 1.44. The SMILES string of the molecule is CNC(=O)C(C)OCC1CCCN1. The van der Waals surface area contributed by atoms with Gasteiger partial charge in [-0.1, -0.05) is 0 Å². The van der Waals surface area contributed by atoms with Crippen LogP contribution in [0.4, 0.5) is 0 Å². The van der Waals surface area contributed by atoms with Crippen molar-refractivity contribution in [2.75, 3.05) is 20.2 Å². The maximum atomic E-state index is 11.1. The van der Waals surface area contributed by atoms with Gasteiger partial charge in [0.05, 0.1) is 6.61 Å². The van der Waals surface area contributed by atoms with E-state index in [4.69, 9.17) is 4.74 Å². The summed E-state index contributed by atoms with van der Waals surface area (Å²) < 4.78 is 5.40. The molecule has 0 bridgehead atoms. The van der Waals surface area contributed by atoms with Gasteiger partial charge in [-0.2, -0.15) is 0 Å². The number of ether oxygens (including phenoxy) is 1. The number of nitrogens with one attached hydrogen (secondary N) is 2. The smallest absolute Gasteiger partial charge is 0.248 e. The number of hydrogen-bond donors (Lipinski definition) is 2. The molecule has 1 fully saturated rings. The van der Waals surface area contributed by atoms with Crippen molar-refractivity contribution in [2.45, 2.75) is 31.9 Å². The van der Waals surface area contributed by atoms with Gasteiger partial charge in [-0.05, 0) is 26.3 Å². The molecule has 0 aromatic heterocycles. The van der Waals surface area contributed by atoms with Crippen LogP contribution in [0.2, 0.25) is 0 Å². The Labute approximate surface area is 79.0 Å². The molecule has 2 N–H and O–H groups in total. The van der Waals surface area contributed by atoms with Crippen LogP contribution in [-0.2, 0) is 9.53 Å². The second kappa shape index (κ2) is 5.19. The predicted molar refractivity (Wildman–Crippen MR) is 50.5 cm³/mol. The summed E-state index contributed by atoms with van der Waals surface area (Å²) in [7, 11) is 1.62. The monoisotopic (exact) mass is 186 g/mol. The number of amides is 1. The zero-order chi connectivity index (χ0) is 9.68. The third-order valence-electron chi connectivity index (χ3n) is 2.33. The molecule has 4 heteroatoms. The average Bonchev–Trinajstić information content (AvgIpc) is 2.65. The maximum absolute atomic E-state index is 11.1. The highest BCUT2D eigenvalue weighted by Crippen LogP contribution is 2.06. The Kier molecular flexibility index (Phi) is 4.18. The Hall–Kier alpha value is -0.610. The van der Waals surface area contributed by atoms with Gasteiger partial charge in [0.2, 0.25) is 5.91 Å². The van der Waals surface area contributed by atoms with Crippen LogP contribution in [-0.4, -0.2) is 38.3 Å². The van der Waals surface area contributed by atoms with E-state index in [1.807, 2.05) is 0 Å². The number of rotatable bonds is 4. The highest BCUT2D eigenvalue weighted by atomic mass is 16.5. The molecule has 0 spiro atoms. The molecule has 1 heterocycles. The molecule has 76 valence electrons. The molecule has 0 aliphatic carbocycles. The van der Waals surface area contributed by atoms with Crippen molar-refractivity contribution in [2.24, 2.45) is 0 Å². The van der Waals surface area contributed by atoms with Gasteiger partial charge in [0.15, 0.2) is 0 Å². The molecule has 1 aliphatic rings. The minimum Gasteiger partial charge on any atom is -0.367 e. The van der Waals surface area contributed by atoms with Gasteiger partial charge in [-0.15, -0.1) is 0 Å². The summed E-state index contributed by atoms with van der Waals surface area (Å²) in [6, 6.07) is 0.437. The molecule has 0 aromatic rings. The Balaban J connectivity index is 2.13. The number of hydrogen-bond acceptors (Lipinski definition) is 3. The lowest BCUT2D eigenvalue weighted by atomic mass is 10.2. The fourth-order valence-corrected chi connectivity index (χ4v) is 1.44. The van der Waals surface area contributed by atoms with E-state index in [2.05, 4.69) is 10.6 Å². The zero-order valence-electron chi connectivity index (χ0n) is 8.30. The van der Waals surface area contributed by atoms with Gasteiger partial charge in [-0.25, -0.2) is 0 Å². The standard InChI is InChI=1S/C9H18N2O2/c1-7(9(12)10-2)13-6-8-4-3-5-11-8/h7-8,11H,3-6H2,1-2H3,(H,10,12). The molecule has 13 heavy (non-hydrogen) atoms. The van der Waals surface area contributed by atoms with Gasteiger partial charge in [0.25, 0.3) is 0 Å². The molecule has 0 aromatic carbocycles. The van der Waals surface area contributed by atoms with Crippen LogP contribution in [0.15, 0.2) is 0 Å². The Morgan fingerprint density at radius 3 is 3.08 bits per heavy atom. The second-order valence-electron chi connectivity index (χ2n) is 3.38. The first-order valence-electron chi connectivity index (χ1n) is 4.80. The van der Waals surface area contributed by atoms with Crippen molar-refractivity contribution in [3.8, 4) is 0 Å². The van der Waals surface area contributed by atoms with Crippen molar-refractivity contribution in [3.05, 3.63) is 0 Å². The Morgan fingerprint density at radius 2 is 2.54 bits per heavy atom. The van der Waals surface area contributed by atoms with E-state index < -0.39 is 0 Å². The van der Waals surface area contributed by atoms with Crippen LogP contribution in [0.1, 0.15) is 19.8 Å². The molecule has 2 atom stereocenters. The van der Waals surface area contributed by atoms with E-state index in [1.54, 1.807) is 14.0 Å². The van der Waals surface area contributed by atoms with Crippen molar-refractivity contribution in [3.63, 3.8) is 0 Å². The molecule has 1 rings (SSSR count). The van der Waals surface area contributed by atoms with Crippen LogP contribution in [0.25, 0.3) is 0 Å². The molecule has 4 nitrogen and oxygen atoms in total. The van der Waals surface area contributed by atoms with Crippen LogP contribution in [0, 0.1) is 0 Å². The van der Waals surface area contributed by atoms with E-state index in [0.29, 0.717) is 12.6 Å². The largest absolute Gasteiger partial charge is 0.367 e. The minimum atomic E-state index is -0.340. The highest BCUT2D eigenvalue weighted by Gasteiger charge is 2.17. The second-order valence-corrected chi connectivity index (χ2v) is 3.38. The van der Waals surface area contributed by atoms with Gasteiger partial charge in [0, 0.05) is 13.1 Å². The lowest BCUT2D eigenvalue weighted by Gasteiger charge is -2.15. The summed E-state index contributed by atoms with van der Waals surface area (Å²) in [5.41, 5.74) is 0. The Bertz CT molecular complexity index is 167. The van der Waals surface area contributed by atoms with Gasteiger partial charge in [0.1, 0.15) is 6.10 Å². The van der Waals surface area contributed by atoms with Gasteiger partial charge >= 0.3 is 0 Å². The molecular weight excluding hydrogens is 168 g/mol. The van der Waals surface area contributed by atoms with Crippen LogP contribution >= 0.6 is 0 Å². The van der Waals surface area contributed by atoms with Crippen molar-refractivity contribution in [1.29, 1.82) is 0 Å². The van der Waals surface area contributed by atoms with Crippen molar-refractivity contribution < 1.29 is 9.53 Å². The number of carbonyl (C=O) groups excluding carboxylic acids is 1. The number of carbonyl (C=O) groups is 1. The molecule has 2 unspecified atom stereocenters. The van der Waals surface area contributed by atoms with Crippen LogP contribution in [0.3, 0.4) is 0 Å². The first-order valence-corrected chi connectivity index (χ1v) is 4.80. The molecular formula is C9H18N2O2. The minimum absolute atomic E-state index is 0.0574. The molecule has 1 aliphatic heterocycles. The first-order chi connectivity index (χ1) is 6.24. The third-order valence-corrected chi connectivity index (χ3v) is 2.33. The summed E-state index contributed by atoms with van der Waals surface area (Å²) in [5.74, 6) is -0.0574. The maximum Gasteiger partial charge on any atom is 0.248 e. The summed E-state index contributed by atoms with van der Waals surface area (Å²) in [5, 5.41) is 5.87. The molecule has 1 amide bonds. The Morgan fingerprint density at radius 1 is 1.77 bits per heavy atom. The fraction of sp³-hybridized carbons (Fsp3) is 0.889. The van der Waals surface area contributed by atoms with Crippen LogP contribution in [0.5, 0.6) is 0 Å². The van der Waals surface area contributed by atoms with E-state index in [-0.39, 0.29) is 12.0 Å². The van der Waals surface area contributed by atoms with Crippen molar-refractivity contribution in [1.82, 2.24) is 10.6 Å². The summed E-state index contributed by atoms with van der Waals surface area (Å²) in [4.78, 5) is 11.1. The average molecular weight is 186 g/mol. The van der Waals surface area contributed by atoms with E-state index in [1.165, 1.54) is 6.42 Å². The van der Waals surface area contributed by atoms with E-state index in [9.17, 15) is 4.79 Å². The molecule has 1 saturated heterocycles. The topological polar surface area (TPSA) is 50.4 Å². The molecule has 0 saturated carbocycles. The lowest BCUT2D eigenvalue weighted by Crippen LogP contribution is -2.35. The van der Waals surface area contributed by atoms with E-state index >= 15 is 0 Å². The third kappa shape index (κ3) is 3.32. The normalized spacial score (nSPS) is 24.3. The zero-order valence-corrected chi connectivity index (χ0v) is 8.30. The van der Waals surface area contributed by atoms with Crippen LogP contribution < -0.4 is 10.6 Å². The molecule has 0 radical (unpaired) electrons. The summed E-state index contributed by atoms with van der Waals surface area (Å²) >= 11 is 0.